The van der Waals surface area contributed by atoms with Gasteiger partial charge < -0.3 is 14.2 Å². The van der Waals surface area contributed by atoms with E-state index in [1.165, 1.54) is 10.6 Å². The monoisotopic (exact) mass is 452 g/mol. The Morgan fingerprint density at radius 3 is 2.69 bits per heavy atom. The van der Waals surface area contributed by atoms with Crippen LogP contribution in [0.4, 0.5) is 0 Å². The lowest BCUT2D eigenvalue weighted by atomic mass is 9.96. The van der Waals surface area contributed by atoms with E-state index in [-0.39, 0.29) is 36.3 Å². The third-order valence-corrected chi connectivity index (χ3v) is 5.59. The molecule has 1 aliphatic heterocycles. The molecule has 0 aliphatic carbocycles. The second kappa shape index (κ2) is 9.04. The van der Waals surface area contributed by atoms with Gasteiger partial charge in [-0.15, -0.1) is 0 Å². The number of carbonyl (C=O) groups excluding carboxylic acids is 2. The second-order valence-corrected chi connectivity index (χ2v) is 8.51. The first kappa shape index (κ1) is 21.9. The molecule has 1 saturated heterocycles. The minimum Gasteiger partial charge on any atom is -0.481 e. The number of nitrogens with zero attached hydrogens (tertiary/aromatic N) is 4. The van der Waals surface area contributed by atoms with Crippen molar-refractivity contribution in [1.82, 2.24) is 18.9 Å². The molecule has 2 aromatic heterocycles. The van der Waals surface area contributed by atoms with Crippen LogP contribution < -0.4 is 10.3 Å². The maximum Gasteiger partial charge on any atom is 0.302 e. The molecule has 1 fully saturated rings. The summed E-state index contributed by atoms with van der Waals surface area (Å²) >= 11 is 3.87. The Bertz CT molecular complexity index is 1250. The van der Waals surface area contributed by atoms with Crippen LogP contribution in [0.3, 0.4) is 0 Å². The molecule has 8 nitrogen and oxygen atoms in total. The molecule has 1 amide bonds. The van der Waals surface area contributed by atoms with Crippen molar-refractivity contribution in [3.05, 3.63) is 76.5 Å². The van der Waals surface area contributed by atoms with Crippen LogP contribution in [0.1, 0.15) is 29.4 Å². The summed E-state index contributed by atoms with van der Waals surface area (Å²) in [6.07, 6.45) is 4.02. The lowest BCUT2D eigenvalue weighted by Gasteiger charge is -2.32. The van der Waals surface area contributed by atoms with Gasteiger partial charge in [-0.2, -0.15) is 0 Å². The molecule has 4 rings (SSSR count). The van der Waals surface area contributed by atoms with Crippen LogP contribution in [0.25, 0.3) is 5.78 Å². The standard InChI is InChI=1S/C23H24N4O4S/c1-15-10-16(2)12-26(11-15)18(28)13-25-8-9-27-21(29)20(19(22(30)32)24-23(25)27)31-14-17-6-4-3-5-7-17/h3-9,16H,1,10-14H2,2H3,(H,30,32)/t16-/m1/s1. The van der Waals surface area contributed by atoms with Crippen LogP contribution in [0.2, 0.25) is 0 Å². The predicted molar refractivity (Wildman–Crippen MR) is 123 cm³/mol. The Morgan fingerprint density at radius 1 is 1.25 bits per heavy atom. The van der Waals surface area contributed by atoms with Crippen molar-refractivity contribution in [2.24, 2.45) is 5.92 Å². The summed E-state index contributed by atoms with van der Waals surface area (Å²) in [5.74, 6) is 0.251. The quantitative estimate of drug-likeness (QED) is 0.459. The summed E-state index contributed by atoms with van der Waals surface area (Å²) in [7, 11) is 0. The molecule has 166 valence electrons. The van der Waals surface area contributed by atoms with Gasteiger partial charge in [0.15, 0.2) is 5.69 Å². The number of aromatic nitrogens is 3. The van der Waals surface area contributed by atoms with Crippen molar-refractivity contribution >= 4 is 29.4 Å². The minimum absolute atomic E-state index is 0.00659. The summed E-state index contributed by atoms with van der Waals surface area (Å²) in [5.41, 5.74) is 1.15. The first-order valence-corrected chi connectivity index (χ1v) is 10.7. The van der Waals surface area contributed by atoms with Crippen LogP contribution in [0, 0.1) is 5.92 Å². The molecule has 0 radical (unpaired) electrons. The molecule has 1 aliphatic rings. The molecular weight excluding hydrogens is 428 g/mol. The van der Waals surface area contributed by atoms with Gasteiger partial charge in [0.05, 0.1) is 0 Å². The number of amides is 1. The van der Waals surface area contributed by atoms with Crippen molar-refractivity contribution in [3.8, 4) is 5.75 Å². The summed E-state index contributed by atoms with van der Waals surface area (Å²) in [6, 6.07) is 9.29. The topological polar surface area (TPSA) is 85.9 Å². The van der Waals surface area contributed by atoms with Crippen LogP contribution in [0.5, 0.6) is 5.75 Å². The van der Waals surface area contributed by atoms with Crippen LogP contribution in [0.15, 0.2) is 59.7 Å². The van der Waals surface area contributed by atoms with Crippen LogP contribution in [-0.2, 0) is 17.9 Å². The highest BCUT2D eigenvalue weighted by Crippen LogP contribution is 2.21. The molecule has 1 aromatic carbocycles. The van der Waals surface area contributed by atoms with E-state index in [0.29, 0.717) is 19.0 Å². The summed E-state index contributed by atoms with van der Waals surface area (Å²) < 4.78 is 8.49. The lowest BCUT2D eigenvalue weighted by Crippen LogP contribution is -2.41. The van der Waals surface area contributed by atoms with Gasteiger partial charge in [-0.3, -0.25) is 14.4 Å². The number of fused-ring (bicyclic) bond motifs is 1. The number of hydrogen-bond donors (Lipinski definition) is 1. The smallest absolute Gasteiger partial charge is 0.302 e. The SMILES string of the molecule is C=C1C[C@@H](C)CN(C(=O)Cn2ccn3c(=O)c(OCc4ccccc4)c(C(=O)S)nc23)C1. The zero-order valence-electron chi connectivity index (χ0n) is 17.7. The Balaban J connectivity index is 1.64. The average molecular weight is 453 g/mol. The molecular formula is C23H24N4O4S. The normalized spacial score (nSPS) is 16.4. The number of piperidine rings is 1. The minimum atomic E-state index is -0.687. The summed E-state index contributed by atoms with van der Waals surface area (Å²) in [4.78, 5) is 44.1. The fourth-order valence-electron chi connectivity index (χ4n) is 3.95. The van der Waals surface area contributed by atoms with E-state index >= 15 is 0 Å². The maximum atomic E-state index is 13.1. The summed E-state index contributed by atoms with van der Waals surface area (Å²) in [6.45, 7) is 7.37. The Morgan fingerprint density at radius 2 is 2.00 bits per heavy atom. The number of hydrogen-bond acceptors (Lipinski definition) is 5. The Kier molecular flexibility index (Phi) is 6.18. The largest absolute Gasteiger partial charge is 0.481 e. The zero-order valence-corrected chi connectivity index (χ0v) is 18.6. The summed E-state index contributed by atoms with van der Waals surface area (Å²) in [5, 5.41) is -0.687. The van der Waals surface area contributed by atoms with Crippen molar-refractivity contribution in [2.75, 3.05) is 13.1 Å². The first-order valence-electron chi connectivity index (χ1n) is 10.3. The van der Waals surface area contributed by atoms with Gasteiger partial charge in [-0.05, 0) is 17.9 Å². The molecule has 3 aromatic rings. The molecule has 0 spiro atoms. The van der Waals surface area contributed by atoms with E-state index in [2.05, 4.69) is 31.1 Å². The maximum absolute atomic E-state index is 13.1. The van der Waals surface area contributed by atoms with Gasteiger partial charge in [-0.25, -0.2) is 9.38 Å². The van der Waals surface area contributed by atoms with Gasteiger partial charge in [0.1, 0.15) is 13.2 Å². The predicted octanol–water partition coefficient (Wildman–Crippen LogP) is 2.57. The van der Waals surface area contributed by atoms with E-state index in [9.17, 15) is 14.4 Å². The number of rotatable bonds is 6. The third kappa shape index (κ3) is 4.47. The van der Waals surface area contributed by atoms with Gasteiger partial charge in [0.2, 0.25) is 22.5 Å². The number of ether oxygens (including phenoxy) is 1. The number of likely N-dealkylation sites (tertiary alicyclic amines) is 1. The van der Waals surface area contributed by atoms with Gasteiger partial charge in [0, 0.05) is 25.5 Å². The molecule has 0 bridgehead atoms. The second-order valence-electron chi connectivity index (χ2n) is 8.10. The zero-order chi connectivity index (χ0) is 22.8. The highest BCUT2D eigenvalue weighted by molar-refractivity contribution is 7.97. The van der Waals surface area contributed by atoms with E-state index < -0.39 is 10.7 Å². The van der Waals surface area contributed by atoms with Crippen molar-refractivity contribution in [1.29, 1.82) is 0 Å². The third-order valence-electron chi connectivity index (χ3n) is 5.38. The Labute approximate surface area is 190 Å². The molecule has 0 saturated carbocycles. The highest BCUT2D eigenvalue weighted by atomic mass is 32.1. The van der Waals surface area contributed by atoms with Crippen LogP contribution >= 0.6 is 12.6 Å². The first-order chi connectivity index (χ1) is 15.3. The van der Waals surface area contributed by atoms with Crippen LogP contribution in [-0.4, -0.2) is 43.0 Å². The molecule has 0 N–H and O–H groups in total. The van der Waals surface area contributed by atoms with Crippen molar-refractivity contribution < 1.29 is 14.3 Å². The van der Waals surface area contributed by atoms with E-state index in [0.717, 1.165) is 17.6 Å². The van der Waals surface area contributed by atoms with E-state index in [1.54, 1.807) is 15.7 Å². The molecule has 3 heterocycles. The number of thiol groups is 1. The van der Waals surface area contributed by atoms with Gasteiger partial charge in [0.25, 0.3) is 0 Å². The number of benzene rings is 1. The Hall–Kier alpha value is -3.33. The molecule has 0 unspecified atom stereocenters. The van der Waals surface area contributed by atoms with E-state index in [1.807, 2.05) is 30.3 Å². The van der Waals surface area contributed by atoms with Gasteiger partial charge in [-0.1, -0.05) is 62.0 Å². The highest BCUT2D eigenvalue weighted by Gasteiger charge is 2.25. The van der Waals surface area contributed by atoms with Crippen molar-refractivity contribution in [2.45, 2.75) is 26.5 Å². The fraction of sp³-hybridized carbons (Fsp3) is 0.304. The lowest BCUT2D eigenvalue weighted by molar-refractivity contribution is -0.132. The molecule has 32 heavy (non-hydrogen) atoms. The number of imidazole rings is 1. The fourth-order valence-corrected chi connectivity index (χ4v) is 4.10. The molecule has 1 atom stereocenters. The number of carbonyl (C=O) groups is 2. The molecule has 9 heteroatoms. The van der Waals surface area contributed by atoms with Crippen molar-refractivity contribution in [3.63, 3.8) is 0 Å². The van der Waals surface area contributed by atoms with Gasteiger partial charge >= 0.3 is 5.56 Å². The average Bonchev–Trinajstić information content (AvgIpc) is 3.15. The van der Waals surface area contributed by atoms with E-state index in [4.69, 9.17) is 4.74 Å².